The lowest BCUT2D eigenvalue weighted by Crippen LogP contribution is -2.27. The Morgan fingerprint density at radius 1 is 1.00 bits per heavy atom. The molecule has 0 amide bonds. The normalized spacial score (nSPS) is 12.2. The van der Waals surface area contributed by atoms with E-state index in [-0.39, 0.29) is 11.3 Å². The van der Waals surface area contributed by atoms with Gasteiger partial charge in [0, 0.05) is 18.2 Å². The molecule has 0 aliphatic carbocycles. The fourth-order valence-corrected chi connectivity index (χ4v) is 3.55. The van der Waals surface area contributed by atoms with Gasteiger partial charge in [-0.25, -0.2) is 0 Å². The van der Waals surface area contributed by atoms with Crippen molar-refractivity contribution in [1.29, 1.82) is 0 Å². The summed E-state index contributed by atoms with van der Waals surface area (Å²) >= 11 is 0. The first-order valence-electron chi connectivity index (χ1n) is 8.41. The van der Waals surface area contributed by atoms with E-state index in [1.807, 2.05) is 42.5 Å². The molecule has 132 valence electrons. The number of hydrogen-bond donors (Lipinski definition) is 1. The second kappa shape index (κ2) is 6.26. The maximum absolute atomic E-state index is 13.1. The highest BCUT2D eigenvalue weighted by molar-refractivity contribution is 5.76. The number of nitrogens with zero attached hydrogens (tertiary/aromatic N) is 1. The first kappa shape index (κ1) is 16.3. The molecular formula is C21H19NO4. The van der Waals surface area contributed by atoms with E-state index in [9.17, 15) is 9.90 Å². The molecule has 26 heavy (non-hydrogen) atoms. The van der Waals surface area contributed by atoms with Crippen molar-refractivity contribution < 1.29 is 14.6 Å². The van der Waals surface area contributed by atoms with Crippen LogP contribution < -0.4 is 15.0 Å². The molecule has 0 saturated heterocycles. The van der Waals surface area contributed by atoms with Gasteiger partial charge in [0.2, 0.25) is 0 Å². The SMILES string of the molecule is COc1cc2c(cc1OC)-c1cc(O)c(-c3ccccc3)c(=O)n1CC2. The zero-order valence-electron chi connectivity index (χ0n) is 14.7. The van der Waals surface area contributed by atoms with E-state index in [1.54, 1.807) is 24.9 Å². The Morgan fingerprint density at radius 2 is 1.69 bits per heavy atom. The van der Waals surface area contributed by atoms with Gasteiger partial charge in [0.25, 0.3) is 5.56 Å². The summed E-state index contributed by atoms with van der Waals surface area (Å²) in [5.74, 6) is 1.24. The fourth-order valence-electron chi connectivity index (χ4n) is 3.55. The van der Waals surface area contributed by atoms with Crippen molar-refractivity contribution in [2.45, 2.75) is 13.0 Å². The van der Waals surface area contributed by atoms with Crippen molar-refractivity contribution in [2.24, 2.45) is 0 Å². The molecule has 3 aromatic rings. The summed E-state index contributed by atoms with van der Waals surface area (Å²) in [5, 5.41) is 10.6. The summed E-state index contributed by atoms with van der Waals surface area (Å²) in [6.45, 7) is 0.552. The van der Waals surface area contributed by atoms with Crippen molar-refractivity contribution in [1.82, 2.24) is 4.57 Å². The Labute approximate surface area is 151 Å². The van der Waals surface area contributed by atoms with Crippen LogP contribution in [0.4, 0.5) is 0 Å². The number of aromatic hydroxyl groups is 1. The Morgan fingerprint density at radius 3 is 2.38 bits per heavy atom. The van der Waals surface area contributed by atoms with Crippen LogP contribution in [0.5, 0.6) is 17.2 Å². The van der Waals surface area contributed by atoms with E-state index in [0.29, 0.717) is 41.3 Å². The van der Waals surface area contributed by atoms with E-state index < -0.39 is 0 Å². The fraction of sp³-hybridized carbons (Fsp3) is 0.190. The lowest BCUT2D eigenvalue weighted by Gasteiger charge is -2.24. The van der Waals surface area contributed by atoms with Crippen LogP contribution in [-0.4, -0.2) is 23.9 Å². The summed E-state index contributed by atoms with van der Waals surface area (Å²) in [6, 6.07) is 14.7. The monoisotopic (exact) mass is 349 g/mol. The molecule has 5 nitrogen and oxygen atoms in total. The molecule has 0 fully saturated rings. The highest BCUT2D eigenvalue weighted by Crippen LogP contribution is 2.40. The molecule has 1 aliphatic heterocycles. The molecule has 0 atom stereocenters. The van der Waals surface area contributed by atoms with Crippen LogP contribution in [0.2, 0.25) is 0 Å². The first-order chi connectivity index (χ1) is 12.6. The third kappa shape index (κ3) is 2.44. The van der Waals surface area contributed by atoms with Crippen LogP contribution in [0.3, 0.4) is 0 Å². The van der Waals surface area contributed by atoms with Gasteiger partial charge in [-0.1, -0.05) is 30.3 Å². The number of benzene rings is 2. The molecule has 0 bridgehead atoms. The summed E-state index contributed by atoms with van der Waals surface area (Å²) < 4.78 is 12.5. The van der Waals surface area contributed by atoms with Crippen molar-refractivity contribution in [2.75, 3.05) is 14.2 Å². The third-order valence-electron chi connectivity index (χ3n) is 4.83. The summed E-state index contributed by atoms with van der Waals surface area (Å²) in [7, 11) is 3.18. The highest BCUT2D eigenvalue weighted by atomic mass is 16.5. The van der Waals surface area contributed by atoms with Crippen LogP contribution in [-0.2, 0) is 13.0 Å². The second-order valence-electron chi connectivity index (χ2n) is 6.23. The molecule has 0 unspecified atom stereocenters. The average molecular weight is 349 g/mol. The Hall–Kier alpha value is -3.21. The third-order valence-corrected chi connectivity index (χ3v) is 4.83. The van der Waals surface area contributed by atoms with Gasteiger partial charge < -0.3 is 19.1 Å². The maximum atomic E-state index is 13.1. The molecule has 1 aromatic heterocycles. The van der Waals surface area contributed by atoms with Gasteiger partial charge in [-0.2, -0.15) is 0 Å². The summed E-state index contributed by atoms with van der Waals surface area (Å²) in [5.41, 5.74) is 3.48. The minimum absolute atomic E-state index is 0.0184. The number of ether oxygens (including phenoxy) is 2. The zero-order valence-corrected chi connectivity index (χ0v) is 14.7. The number of aromatic nitrogens is 1. The molecule has 1 aliphatic rings. The Balaban J connectivity index is 1.95. The van der Waals surface area contributed by atoms with E-state index in [4.69, 9.17) is 9.47 Å². The second-order valence-corrected chi connectivity index (χ2v) is 6.23. The largest absolute Gasteiger partial charge is 0.507 e. The number of fused-ring (bicyclic) bond motifs is 3. The lowest BCUT2D eigenvalue weighted by atomic mass is 9.95. The topological polar surface area (TPSA) is 60.7 Å². The van der Waals surface area contributed by atoms with E-state index in [2.05, 4.69) is 0 Å². The lowest BCUT2D eigenvalue weighted by molar-refractivity contribution is 0.354. The molecule has 1 N–H and O–H groups in total. The van der Waals surface area contributed by atoms with Crippen LogP contribution in [0, 0.1) is 0 Å². The first-order valence-corrected chi connectivity index (χ1v) is 8.41. The minimum Gasteiger partial charge on any atom is -0.507 e. The molecule has 0 spiro atoms. The standard InChI is InChI=1S/C21H19NO4/c1-25-18-10-14-8-9-22-16(15(14)11-19(18)26-2)12-17(23)20(21(22)24)13-6-4-3-5-7-13/h3-7,10-12,23H,8-9H2,1-2H3. The Kier molecular flexibility index (Phi) is 3.92. The molecular weight excluding hydrogens is 330 g/mol. The van der Waals surface area contributed by atoms with Gasteiger partial charge in [-0.3, -0.25) is 4.79 Å². The highest BCUT2D eigenvalue weighted by Gasteiger charge is 2.24. The number of methoxy groups -OCH3 is 2. The molecule has 2 heterocycles. The van der Waals surface area contributed by atoms with Crippen molar-refractivity contribution in [3.05, 3.63) is 64.4 Å². The number of hydrogen-bond acceptors (Lipinski definition) is 4. The molecule has 2 aromatic carbocycles. The smallest absolute Gasteiger partial charge is 0.262 e. The zero-order chi connectivity index (χ0) is 18.3. The van der Waals surface area contributed by atoms with Crippen LogP contribution in [0.25, 0.3) is 22.4 Å². The summed E-state index contributed by atoms with van der Waals surface area (Å²) in [4.78, 5) is 13.1. The van der Waals surface area contributed by atoms with Crippen molar-refractivity contribution in [3.63, 3.8) is 0 Å². The van der Waals surface area contributed by atoms with Crippen LogP contribution in [0.15, 0.2) is 53.3 Å². The average Bonchev–Trinajstić information content (AvgIpc) is 2.67. The van der Waals surface area contributed by atoms with Gasteiger partial charge in [-0.15, -0.1) is 0 Å². The summed E-state index contributed by atoms with van der Waals surface area (Å²) in [6.07, 6.45) is 0.710. The quantitative estimate of drug-likeness (QED) is 0.787. The predicted octanol–water partition coefficient (Wildman–Crippen LogP) is 3.46. The molecule has 4 rings (SSSR count). The van der Waals surface area contributed by atoms with Gasteiger partial charge >= 0.3 is 0 Å². The molecule has 5 heteroatoms. The van der Waals surface area contributed by atoms with Crippen LogP contribution in [0.1, 0.15) is 5.56 Å². The minimum atomic E-state index is -0.188. The van der Waals surface area contributed by atoms with Gasteiger partial charge in [0.05, 0.1) is 25.5 Å². The number of aryl methyl sites for hydroxylation is 1. The van der Waals surface area contributed by atoms with Crippen molar-refractivity contribution in [3.8, 4) is 39.6 Å². The number of rotatable bonds is 3. The van der Waals surface area contributed by atoms with Crippen LogP contribution >= 0.6 is 0 Å². The van der Waals surface area contributed by atoms with Gasteiger partial charge in [0.15, 0.2) is 11.5 Å². The number of pyridine rings is 1. The van der Waals surface area contributed by atoms with E-state index in [1.165, 1.54) is 0 Å². The molecule has 0 radical (unpaired) electrons. The molecule has 0 saturated carbocycles. The predicted molar refractivity (Wildman–Crippen MR) is 100 cm³/mol. The van der Waals surface area contributed by atoms with E-state index in [0.717, 1.165) is 11.1 Å². The maximum Gasteiger partial charge on any atom is 0.262 e. The Bertz CT molecular complexity index is 1040. The van der Waals surface area contributed by atoms with Crippen molar-refractivity contribution >= 4 is 0 Å². The van der Waals surface area contributed by atoms with E-state index >= 15 is 0 Å². The van der Waals surface area contributed by atoms with Gasteiger partial charge in [-0.05, 0) is 29.7 Å². The van der Waals surface area contributed by atoms with Gasteiger partial charge in [0.1, 0.15) is 5.75 Å².